The standard InChI is InChI=1S/C12H20N6S/c1-5-8(7-19-4)18(3)11-9-6-14-17-10(9)15-12(13-2)16-11/h6,8H,5,7H2,1-4H3,(H2,13,14,15,16,17). The minimum Gasteiger partial charge on any atom is -0.357 e. The molecule has 19 heavy (non-hydrogen) atoms. The molecule has 0 spiro atoms. The van der Waals surface area contributed by atoms with Crippen molar-refractivity contribution in [3.63, 3.8) is 0 Å². The van der Waals surface area contributed by atoms with Gasteiger partial charge in [0.05, 0.1) is 11.6 Å². The van der Waals surface area contributed by atoms with Crippen molar-refractivity contribution >= 4 is 34.6 Å². The highest BCUT2D eigenvalue weighted by atomic mass is 32.2. The summed E-state index contributed by atoms with van der Waals surface area (Å²) < 4.78 is 0. The molecule has 0 aliphatic carbocycles. The smallest absolute Gasteiger partial charge is 0.226 e. The van der Waals surface area contributed by atoms with Crippen molar-refractivity contribution in [2.75, 3.05) is 36.3 Å². The number of aromatic amines is 1. The number of H-pyrrole nitrogens is 1. The number of hydrogen-bond donors (Lipinski definition) is 2. The number of rotatable bonds is 6. The van der Waals surface area contributed by atoms with Crippen molar-refractivity contribution in [2.24, 2.45) is 0 Å². The molecule has 0 radical (unpaired) electrons. The number of anilines is 2. The minimum absolute atomic E-state index is 0.452. The molecule has 104 valence electrons. The maximum atomic E-state index is 4.58. The molecule has 2 aromatic heterocycles. The first-order valence-electron chi connectivity index (χ1n) is 6.31. The van der Waals surface area contributed by atoms with Gasteiger partial charge >= 0.3 is 0 Å². The normalized spacial score (nSPS) is 12.6. The summed E-state index contributed by atoms with van der Waals surface area (Å²) in [5, 5.41) is 10.9. The highest BCUT2D eigenvalue weighted by molar-refractivity contribution is 7.98. The van der Waals surface area contributed by atoms with Gasteiger partial charge in [0.25, 0.3) is 0 Å². The molecule has 0 aromatic carbocycles. The lowest BCUT2D eigenvalue weighted by atomic mass is 10.2. The van der Waals surface area contributed by atoms with Crippen molar-refractivity contribution in [1.82, 2.24) is 20.2 Å². The van der Waals surface area contributed by atoms with Crippen LogP contribution in [0.4, 0.5) is 11.8 Å². The van der Waals surface area contributed by atoms with Gasteiger partial charge < -0.3 is 10.2 Å². The fraction of sp³-hybridized carbons (Fsp3) is 0.583. The average molecular weight is 280 g/mol. The molecule has 2 N–H and O–H groups in total. The third kappa shape index (κ3) is 2.75. The van der Waals surface area contributed by atoms with Crippen LogP contribution in [0.2, 0.25) is 0 Å². The Balaban J connectivity index is 2.44. The van der Waals surface area contributed by atoms with Gasteiger partial charge in [-0.25, -0.2) is 0 Å². The quantitative estimate of drug-likeness (QED) is 0.843. The predicted octanol–water partition coefficient (Wildman–Crippen LogP) is 1.97. The second-order valence-corrected chi connectivity index (χ2v) is 5.29. The van der Waals surface area contributed by atoms with E-state index in [0.717, 1.165) is 29.0 Å². The molecule has 0 aliphatic rings. The van der Waals surface area contributed by atoms with E-state index in [9.17, 15) is 0 Å². The number of nitrogens with one attached hydrogen (secondary N) is 2. The summed E-state index contributed by atoms with van der Waals surface area (Å²) in [6, 6.07) is 0.452. The summed E-state index contributed by atoms with van der Waals surface area (Å²) in [6.07, 6.45) is 4.99. The first kappa shape index (κ1) is 13.9. The Morgan fingerprint density at radius 1 is 1.47 bits per heavy atom. The summed E-state index contributed by atoms with van der Waals surface area (Å²) in [5.74, 6) is 2.60. The van der Waals surface area contributed by atoms with Crippen LogP contribution in [-0.2, 0) is 0 Å². The van der Waals surface area contributed by atoms with Crippen LogP contribution in [0.25, 0.3) is 11.0 Å². The molecule has 0 amide bonds. The van der Waals surface area contributed by atoms with Crippen LogP contribution in [0.1, 0.15) is 13.3 Å². The Morgan fingerprint density at radius 2 is 2.26 bits per heavy atom. The summed E-state index contributed by atoms with van der Waals surface area (Å²) >= 11 is 1.85. The van der Waals surface area contributed by atoms with Gasteiger partial charge in [0, 0.05) is 25.9 Å². The van der Waals surface area contributed by atoms with Crippen molar-refractivity contribution in [3.05, 3.63) is 6.20 Å². The minimum atomic E-state index is 0.452. The van der Waals surface area contributed by atoms with E-state index in [4.69, 9.17) is 0 Å². The summed E-state index contributed by atoms with van der Waals surface area (Å²) in [4.78, 5) is 11.2. The van der Waals surface area contributed by atoms with Crippen molar-refractivity contribution in [1.29, 1.82) is 0 Å². The number of thioether (sulfide) groups is 1. The Bertz CT molecular complexity index is 540. The largest absolute Gasteiger partial charge is 0.357 e. The van der Waals surface area contributed by atoms with Crippen LogP contribution in [0.3, 0.4) is 0 Å². The van der Waals surface area contributed by atoms with Gasteiger partial charge in [0.1, 0.15) is 5.82 Å². The van der Waals surface area contributed by atoms with Crippen LogP contribution in [0.5, 0.6) is 0 Å². The maximum absolute atomic E-state index is 4.58. The van der Waals surface area contributed by atoms with Gasteiger partial charge in [-0.15, -0.1) is 0 Å². The van der Waals surface area contributed by atoms with Gasteiger partial charge in [-0.2, -0.15) is 26.8 Å². The van der Waals surface area contributed by atoms with E-state index in [1.807, 2.05) is 18.8 Å². The molecule has 2 aromatic rings. The van der Waals surface area contributed by atoms with Gasteiger partial charge in [-0.1, -0.05) is 6.92 Å². The monoisotopic (exact) mass is 280 g/mol. The van der Waals surface area contributed by atoms with Crippen molar-refractivity contribution in [2.45, 2.75) is 19.4 Å². The third-order valence-corrected chi connectivity index (χ3v) is 3.94. The van der Waals surface area contributed by atoms with Gasteiger partial charge in [-0.05, 0) is 12.7 Å². The molecule has 2 heterocycles. The molecular formula is C12H20N6S. The second kappa shape index (κ2) is 6.10. The third-order valence-electron chi connectivity index (χ3n) is 3.23. The molecule has 0 fully saturated rings. The number of nitrogens with zero attached hydrogens (tertiary/aromatic N) is 4. The van der Waals surface area contributed by atoms with Gasteiger partial charge in [0.15, 0.2) is 5.65 Å². The molecule has 0 saturated carbocycles. The fourth-order valence-corrected chi connectivity index (χ4v) is 2.91. The molecule has 6 nitrogen and oxygen atoms in total. The topological polar surface area (TPSA) is 69.7 Å². The van der Waals surface area contributed by atoms with E-state index in [-0.39, 0.29) is 0 Å². The SMILES string of the molecule is CCC(CSC)N(C)c1nc(NC)nc2[nH]ncc12. The van der Waals surface area contributed by atoms with Crippen LogP contribution in [-0.4, -0.2) is 52.3 Å². The Hall–Kier alpha value is -1.50. The van der Waals surface area contributed by atoms with Crippen LogP contribution in [0, 0.1) is 0 Å². The Labute approximate surface area is 117 Å². The van der Waals surface area contributed by atoms with E-state index >= 15 is 0 Å². The molecule has 1 unspecified atom stereocenters. The van der Waals surface area contributed by atoms with Crippen molar-refractivity contribution < 1.29 is 0 Å². The molecule has 2 rings (SSSR count). The van der Waals surface area contributed by atoms with E-state index in [0.29, 0.717) is 12.0 Å². The van der Waals surface area contributed by atoms with Crippen molar-refractivity contribution in [3.8, 4) is 0 Å². The predicted molar refractivity (Wildman–Crippen MR) is 82.1 cm³/mol. The highest BCUT2D eigenvalue weighted by Gasteiger charge is 2.18. The maximum Gasteiger partial charge on any atom is 0.226 e. The van der Waals surface area contributed by atoms with Crippen LogP contribution in [0.15, 0.2) is 6.20 Å². The molecule has 0 bridgehead atoms. The van der Waals surface area contributed by atoms with Crippen LogP contribution < -0.4 is 10.2 Å². The molecule has 0 saturated heterocycles. The summed E-state index contributed by atoms with van der Waals surface area (Å²) in [7, 11) is 3.90. The average Bonchev–Trinajstić information content (AvgIpc) is 2.91. The van der Waals surface area contributed by atoms with E-state index in [1.165, 1.54) is 0 Å². The zero-order chi connectivity index (χ0) is 13.8. The number of fused-ring (bicyclic) bond motifs is 1. The number of hydrogen-bond acceptors (Lipinski definition) is 6. The molecule has 1 atom stereocenters. The first-order chi connectivity index (χ1) is 9.21. The Kier molecular flexibility index (Phi) is 4.47. The molecular weight excluding hydrogens is 260 g/mol. The van der Waals surface area contributed by atoms with Crippen LogP contribution >= 0.6 is 11.8 Å². The van der Waals surface area contributed by atoms with E-state index < -0.39 is 0 Å². The molecule has 7 heteroatoms. The van der Waals surface area contributed by atoms with Gasteiger partial charge in [-0.3, -0.25) is 5.10 Å². The van der Waals surface area contributed by atoms with Gasteiger partial charge in [0.2, 0.25) is 5.95 Å². The lowest BCUT2D eigenvalue weighted by Gasteiger charge is -2.28. The zero-order valence-electron chi connectivity index (χ0n) is 11.8. The summed E-state index contributed by atoms with van der Waals surface area (Å²) in [5.41, 5.74) is 0.764. The molecule has 0 aliphatic heterocycles. The lowest BCUT2D eigenvalue weighted by molar-refractivity contribution is 0.668. The number of aromatic nitrogens is 4. The highest BCUT2D eigenvalue weighted by Crippen LogP contribution is 2.25. The van der Waals surface area contributed by atoms with E-state index in [2.05, 4.69) is 50.6 Å². The fourth-order valence-electron chi connectivity index (χ4n) is 2.07. The Morgan fingerprint density at radius 3 is 2.89 bits per heavy atom. The second-order valence-electron chi connectivity index (χ2n) is 4.38. The first-order valence-corrected chi connectivity index (χ1v) is 7.71. The zero-order valence-corrected chi connectivity index (χ0v) is 12.6. The van der Waals surface area contributed by atoms with E-state index in [1.54, 1.807) is 6.20 Å². The lowest BCUT2D eigenvalue weighted by Crippen LogP contribution is -2.34. The summed E-state index contributed by atoms with van der Waals surface area (Å²) in [6.45, 7) is 2.20.